The molecule has 0 aliphatic carbocycles. The predicted octanol–water partition coefficient (Wildman–Crippen LogP) is 6.21. The molecule has 1 heterocycles. The van der Waals surface area contributed by atoms with Gasteiger partial charge in [-0.15, -0.1) is 11.8 Å². The summed E-state index contributed by atoms with van der Waals surface area (Å²) >= 11 is 13.9. The molecule has 3 rings (SSSR count). The highest BCUT2D eigenvalue weighted by Crippen LogP contribution is 2.43. The van der Waals surface area contributed by atoms with Crippen molar-refractivity contribution in [1.29, 1.82) is 5.26 Å². The molecule has 0 bridgehead atoms. The van der Waals surface area contributed by atoms with Crippen LogP contribution in [-0.4, -0.2) is 5.78 Å². The van der Waals surface area contributed by atoms with E-state index in [1.165, 1.54) is 18.7 Å². The summed E-state index contributed by atoms with van der Waals surface area (Å²) in [5.74, 6) is 0.109. The van der Waals surface area contributed by atoms with Crippen LogP contribution in [-0.2, 0) is 10.5 Å². The highest BCUT2D eigenvalue weighted by molar-refractivity contribution is 8.02. The quantitative estimate of drug-likeness (QED) is 0.614. The Morgan fingerprint density at radius 1 is 1.18 bits per heavy atom. The number of nitriles is 1. The third kappa shape index (κ3) is 4.28. The van der Waals surface area contributed by atoms with E-state index < -0.39 is 5.92 Å². The Labute approximate surface area is 179 Å². The molecule has 2 aromatic carbocycles. The topological polar surface area (TPSA) is 52.9 Å². The number of nitrogens with one attached hydrogen (secondary N) is 1. The maximum atomic E-state index is 12.4. The van der Waals surface area contributed by atoms with Crippen molar-refractivity contribution in [3.8, 4) is 6.07 Å². The Kier molecular flexibility index (Phi) is 6.51. The summed E-state index contributed by atoms with van der Waals surface area (Å²) in [6.07, 6.45) is 0. The first-order chi connectivity index (χ1) is 13.4. The number of dihydropyridines is 1. The molecule has 2 aromatic rings. The minimum atomic E-state index is -0.481. The number of benzene rings is 2. The number of nitrogens with zero attached hydrogens (tertiary/aromatic N) is 1. The van der Waals surface area contributed by atoms with Gasteiger partial charge in [0.2, 0.25) is 0 Å². The van der Waals surface area contributed by atoms with Crippen LogP contribution in [0, 0.1) is 11.3 Å². The van der Waals surface area contributed by atoms with Crippen LogP contribution in [0.5, 0.6) is 0 Å². The summed E-state index contributed by atoms with van der Waals surface area (Å²) in [4.78, 5) is 12.4. The lowest BCUT2D eigenvalue weighted by molar-refractivity contribution is -0.113. The monoisotopic (exact) mass is 428 g/mol. The lowest BCUT2D eigenvalue weighted by Crippen LogP contribution is -2.27. The van der Waals surface area contributed by atoms with Crippen LogP contribution in [0.1, 0.15) is 30.9 Å². The van der Waals surface area contributed by atoms with Crippen LogP contribution in [0.2, 0.25) is 10.0 Å². The first-order valence-electron chi connectivity index (χ1n) is 8.67. The Balaban J connectivity index is 2.02. The van der Waals surface area contributed by atoms with Gasteiger partial charge in [-0.3, -0.25) is 4.79 Å². The van der Waals surface area contributed by atoms with Gasteiger partial charge in [-0.05, 0) is 43.2 Å². The molecule has 0 spiro atoms. The average molecular weight is 429 g/mol. The number of halogens is 2. The number of hydrogen-bond acceptors (Lipinski definition) is 4. The molecule has 0 saturated heterocycles. The molecule has 3 nitrogen and oxygen atoms in total. The van der Waals surface area contributed by atoms with Gasteiger partial charge in [-0.1, -0.05) is 53.5 Å². The zero-order valence-corrected chi connectivity index (χ0v) is 17.8. The molecule has 0 amide bonds. The van der Waals surface area contributed by atoms with E-state index in [-0.39, 0.29) is 5.78 Å². The predicted molar refractivity (Wildman–Crippen MR) is 116 cm³/mol. The first-order valence-corrected chi connectivity index (χ1v) is 10.4. The van der Waals surface area contributed by atoms with Crippen molar-refractivity contribution in [2.75, 3.05) is 0 Å². The summed E-state index contributed by atoms with van der Waals surface area (Å²) in [6.45, 7) is 3.38. The van der Waals surface area contributed by atoms with Gasteiger partial charge in [-0.2, -0.15) is 5.26 Å². The summed E-state index contributed by atoms with van der Waals surface area (Å²) in [6, 6.07) is 17.3. The molecule has 0 radical (unpaired) electrons. The largest absolute Gasteiger partial charge is 0.353 e. The molecule has 28 heavy (non-hydrogen) atoms. The zero-order valence-electron chi connectivity index (χ0n) is 15.4. The first kappa shape index (κ1) is 20.5. The molecular weight excluding hydrogens is 411 g/mol. The van der Waals surface area contributed by atoms with Crippen molar-refractivity contribution >= 4 is 40.7 Å². The van der Waals surface area contributed by atoms with Gasteiger partial charge in [0.1, 0.15) is 0 Å². The third-order valence-electron chi connectivity index (χ3n) is 4.54. The molecule has 1 aliphatic heterocycles. The SMILES string of the molecule is CC(=O)C1=C(C)NC(SCc2ccc(Cl)cc2)=C(C#N)[C@@H]1c1ccccc1Cl. The number of carbonyl (C=O) groups excluding carboxylic acids is 1. The normalized spacial score (nSPS) is 16.6. The second kappa shape index (κ2) is 8.87. The number of thioether (sulfide) groups is 1. The minimum Gasteiger partial charge on any atom is -0.353 e. The summed E-state index contributed by atoms with van der Waals surface area (Å²) in [5, 5.41) is 15.2. The van der Waals surface area contributed by atoms with Crippen LogP contribution in [0.3, 0.4) is 0 Å². The molecule has 142 valence electrons. The van der Waals surface area contributed by atoms with Gasteiger partial charge < -0.3 is 5.32 Å². The van der Waals surface area contributed by atoms with Crippen molar-refractivity contribution in [2.45, 2.75) is 25.5 Å². The van der Waals surface area contributed by atoms with Gasteiger partial charge in [0.25, 0.3) is 0 Å². The summed E-state index contributed by atoms with van der Waals surface area (Å²) in [5.41, 5.74) is 3.67. The molecule has 0 saturated carbocycles. The average Bonchev–Trinajstić information content (AvgIpc) is 2.67. The fraction of sp³-hybridized carbons (Fsp3) is 0.182. The molecule has 6 heteroatoms. The second-order valence-corrected chi connectivity index (χ2v) is 8.27. The van der Waals surface area contributed by atoms with E-state index in [4.69, 9.17) is 23.2 Å². The van der Waals surface area contributed by atoms with Gasteiger partial charge in [0.15, 0.2) is 5.78 Å². The summed E-state index contributed by atoms with van der Waals surface area (Å²) < 4.78 is 0. The van der Waals surface area contributed by atoms with Crippen molar-refractivity contribution < 1.29 is 4.79 Å². The summed E-state index contributed by atoms with van der Waals surface area (Å²) in [7, 11) is 0. The highest BCUT2D eigenvalue weighted by Gasteiger charge is 2.34. The van der Waals surface area contributed by atoms with Crippen molar-refractivity contribution in [1.82, 2.24) is 5.32 Å². The van der Waals surface area contributed by atoms with E-state index >= 15 is 0 Å². The Hall–Kier alpha value is -2.19. The number of ketones is 1. The van der Waals surface area contributed by atoms with Crippen molar-refractivity contribution in [2.24, 2.45) is 0 Å². The molecule has 0 aromatic heterocycles. The van der Waals surface area contributed by atoms with E-state index in [1.54, 1.807) is 6.07 Å². The minimum absolute atomic E-state index is 0.0792. The molecule has 0 unspecified atom stereocenters. The maximum absolute atomic E-state index is 12.4. The van der Waals surface area contributed by atoms with E-state index in [0.717, 1.165) is 21.9 Å². The van der Waals surface area contributed by atoms with Gasteiger partial charge in [0.05, 0.1) is 22.6 Å². The highest BCUT2D eigenvalue weighted by atomic mass is 35.5. The number of rotatable bonds is 5. The maximum Gasteiger partial charge on any atom is 0.158 e. The Morgan fingerprint density at radius 3 is 2.46 bits per heavy atom. The molecule has 1 atom stereocenters. The van der Waals surface area contributed by atoms with E-state index in [0.29, 0.717) is 26.9 Å². The number of Topliss-reactive ketones (excluding diaryl/α,β-unsaturated/α-hetero) is 1. The van der Waals surface area contributed by atoms with Gasteiger partial charge >= 0.3 is 0 Å². The molecule has 0 fully saturated rings. The third-order valence-corrected chi connectivity index (χ3v) is 6.22. The van der Waals surface area contributed by atoms with Crippen LogP contribution >= 0.6 is 35.0 Å². The molecule has 1 N–H and O–H groups in total. The fourth-order valence-corrected chi connectivity index (χ4v) is 4.67. The van der Waals surface area contributed by atoms with Crippen LogP contribution in [0.25, 0.3) is 0 Å². The smallest absolute Gasteiger partial charge is 0.158 e. The zero-order chi connectivity index (χ0) is 20.3. The Morgan fingerprint density at radius 2 is 1.86 bits per heavy atom. The number of carbonyl (C=O) groups is 1. The van der Waals surface area contributed by atoms with Gasteiger partial charge in [-0.25, -0.2) is 0 Å². The van der Waals surface area contributed by atoms with E-state index in [1.807, 2.05) is 49.4 Å². The standard InChI is InChI=1S/C22H18Cl2N2OS/c1-13-20(14(2)27)21(17-5-3-4-6-19(17)24)18(11-25)22(26-13)28-12-15-7-9-16(23)10-8-15/h3-10,21,26H,12H2,1-2H3/t21-/m0/s1. The van der Waals surface area contributed by atoms with Crippen LogP contribution in [0.4, 0.5) is 0 Å². The van der Waals surface area contributed by atoms with Crippen molar-refractivity contribution in [3.63, 3.8) is 0 Å². The van der Waals surface area contributed by atoms with Crippen molar-refractivity contribution in [3.05, 3.63) is 91.6 Å². The lowest BCUT2D eigenvalue weighted by Gasteiger charge is -2.29. The van der Waals surface area contributed by atoms with Crippen LogP contribution < -0.4 is 5.32 Å². The van der Waals surface area contributed by atoms with Crippen LogP contribution in [0.15, 0.2) is 70.4 Å². The van der Waals surface area contributed by atoms with Gasteiger partial charge in [0, 0.05) is 27.1 Å². The number of hydrogen-bond donors (Lipinski definition) is 1. The number of allylic oxidation sites excluding steroid dienone is 3. The molecular formula is C22H18Cl2N2OS. The van der Waals surface area contributed by atoms with E-state index in [2.05, 4.69) is 11.4 Å². The fourth-order valence-electron chi connectivity index (χ4n) is 3.25. The second-order valence-electron chi connectivity index (χ2n) is 6.44. The lowest BCUT2D eigenvalue weighted by atomic mass is 9.81. The molecule has 1 aliphatic rings. The van der Waals surface area contributed by atoms with E-state index in [9.17, 15) is 10.1 Å². The Bertz CT molecular complexity index is 1020.